The molecule has 3 rings (SSSR count). The highest BCUT2D eigenvalue weighted by Crippen LogP contribution is 2.15. The molecule has 0 aliphatic rings. The van der Waals surface area contributed by atoms with Crippen molar-refractivity contribution < 1.29 is 9.18 Å². The number of anilines is 1. The quantitative estimate of drug-likeness (QED) is 0.785. The molecule has 128 valence electrons. The molecule has 1 amide bonds. The van der Waals surface area contributed by atoms with Gasteiger partial charge in [0, 0.05) is 11.6 Å². The molecule has 6 nitrogen and oxygen atoms in total. The van der Waals surface area contributed by atoms with Gasteiger partial charge >= 0.3 is 0 Å². The van der Waals surface area contributed by atoms with Crippen molar-refractivity contribution in [1.82, 2.24) is 9.55 Å². The maximum Gasteiger partial charge on any atom is 0.254 e. The predicted octanol–water partition coefficient (Wildman–Crippen LogP) is 2.56. The van der Waals surface area contributed by atoms with Crippen molar-refractivity contribution in [3.05, 3.63) is 82.7 Å². The van der Waals surface area contributed by atoms with Crippen LogP contribution in [0, 0.1) is 17.1 Å². The summed E-state index contributed by atoms with van der Waals surface area (Å²) in [4.78, 5) is 28.5. The zero-order valence-corrected chi connectivity index (χ0v) is 13.5. The summed E-state index contributed by atoms with van der Waals surface area (Å²) in [5.74, 6) is -0.831. The van der Waals surface area contributed by atoms with E-state index < -0.39 is 11.5 Å². The zero-order valence-electron chi connectivity index (χ0n) is 13.5. The Bertz CT molecular complexity index is 1050. The summed E-state index contributed by atoms with van der Waals surface area (Å²) < 4.78 is 14.1. The van der Waals surface area contributed by atoms with Crippen LogP contribution in [0.5, 0.6) is 0 Å². The number of benzene rings is 2. The predicted molar refractivity (Wildman–Crippen MR) is 93.7 cm³/mol. The molecule has 0 radical (unpaired) electrons. The maximum atomic E-state index is 13.0. The summed E-state index contributed by atoms with van der Waals surface area (Å²) in [6.07, 6.45) is 1.26. The molecule has 0 aliphatic heterocycles. The number of carbonyl (C=O) groups is 1. The number of nitrogens with one attached hydrogen (secondary N) is 1. The number of nitriles is 1. The lowest BCUT2D eigenvalue weighted by Gasteiger charge is -2.09. The first kappa shape index (κ1) is 17.0. The highest BCUT2D eigenvalue weighted by Gasteiger charge is 2.09. The molecule has 0 fully saturated rings. The van der Waals surface area contributed by atoms with Crippen molar-refractivity contribution in [2.45, 2.75) is 6.54 Å². The third-order valence-corrected chi connectivity index (χ3v) is 3.66. The summed E-state index contributed by atoms with van der Waals surface area (Å²) in [7, 11) is 0. The second-order valence-electron chi connectivity index (χ2n) is 5.45. The number of hydrogen-bond donors (Lipinski definition) is 1. The number of hydrogen-bond acceptors (Lipinski definition) is 4. The lowest BCUT2D eigenvalue weighted by molar-refractivity contribution is -0.116. The van der Waals surface area contributed by atoms with E-state index in [9.17, 15) is 14.0 Å². The fourth-order valence-corrected chi connectivity index (χ4v) is 2.36. The monoisotopic (exact) mass is 348 g/mol. The van der Waals surface area contributed by atoms with Gasteiger partial charge in [-0.2, -0.15) is 5.26 Å². The van der Waals surface area contributed by atoms with Gasteiger partial charge in [-0.25, -0.2) is 9.37 Å². The normalized spacial score (nSPS) is 10.2. The highest BCUT2D eigenvalue weighted by molar-refractivity contribution is 5.91. The molecule has 1 heterocycles. The molecule has 0 spiro atoms. The average molecular weight is 348 g/mol. The van der Waals surface area contributed by atoms with E-state index in [0.717, 1.165) is 4.57 Å². The average Bonchev–Trinajstić information content (AvgIpc) is 2.64. The number of para-hydroxylation sites is 1. The summed E-state index contributed by atoms with van der Waals surface area (Å²) in [6, 6.07) is 15.4. The molecule has 0 bridgehead atoms. The minimum absolute atomic E-state index is 0.241. The van der Waals surface area contributed by atoms with Gasteiger partial charge in [-0.05, 0) is 36.4 Å². The van der Waals surface area contributed by atoms with E-state index in [0.29, 0.717) is 22.5 Å². The number of rotatable bonds is 4. The van der Waals surface area contributed by atoms with Crippen LogP contribution in [0.15, 0.2) is 65.7 Å². The Hall–Kier alpha value is -3.79. The van der Waals surface area contributed by atoms with E-state index in [1.54, 1.807) is 24.3 Å². The van der Waals surface area contributed by atoms with Crippen LogP contribution in [0.25, 0.3) is 11.3 Å². The molecule has 0 aliphatic carbocycles. The Morgan fingerprint density at radius 3 is 2.62 bits per heavy atom. The molecule has 2 aromatic carbocycles. The third kappa shape index (κ3) is 3.82. The number of aromatic nitrogens is 2. The van der Waals surface area contributed by atoms with Crippen LogP contribution in [0.3, 0.4) is 0 Å². The van der Waals surface area contributed by atoms with Crippen LogP contribution in [-0.2, 0) is 11.3 Å². The van der Waals surface area contributed by atoms with Crippen LogP contribution in [0.1, 0.15) is 5.56 Å². The largest absolute Gasteiger partial charge is 0.323 e. The smallest absolute Gasteiger partial charge is 0.254 e. The first-order chi connectivity index (χ1) is 12.6. The van der Waals surface area contributed by atoms with E-state index in [4.69, 9.17) is 5.26 Å². The van der Waals surface area contributed by atoms with Gasteiger partial charge in [-0.1, -0.05) is 12.1 Å². The van der Waals surface area contributed by atoms with E-state index in [1.165, 1.54) is 36.7 Å². The Kier molecular flexibility index (Phi) is 4.85. The molecule has 26 heavy (non-hydrogen) atoms. The van der Waals surface area contributed by atoms with Crippen molar-refractivity contribution in [2.75, 3.05) is 5.32 Å². The van der Waals surface area contributed by atoms with Crippen LogP contribution in [-0.4, -0.2) is 15.5 Å². The topological polar surface area (TPSA) is 87.8 Å². The lowest BCUT2D eigenvalue weighted by Crippen LogP contribution is -2.27. The van der Waals surface area contributed by atoms with Crippen molar-refractivity contribution in [2.24, 2.45) is 0 Å². The van der Waals surface area contributed by atoms with Crippen LogP contribution in [0.2, 0.25) is 0 Å². The van der Waals surface area contributed by atoms with E-state index in [-0.39, 0.29) is 12.4 Å². The van der Waals surface area contributed by atoms with E-state index >= 15 is 0 Å². The lowest BCUT2D eigenvalue weighted by atomic mass is 10.1. The standard InChI is InChI=1S/C19H13FN4O2/c20-15-7-5-13(6-8-15)17-9-19(26)24(12-22-17)11-18(25)23-16-4-2-1-3-14(16)10-21/h1-9,12H,11H2,(H,23,25). The SMILES string of the molecule is N#Cc1ccccc1NC(=O)Cn1cnc(-c2ccc(F)cc2)cc1=O. The summed E-state index contributed by atoms with van der Waals surface area (Å²) in [5.41, 5.74) is 1.29. The summed E-state index contributed by atoms with van der Waals surface area (Å²) in [6.45, 7) is -0.241. The first-order valence-electron chi connectivity index (χ1n) is 7.68. The molecule has 0 atom stereocenters. The van der Waals surface area contributed by atoms with Crippen molar-refractivity contribution in [1.29, 1.82) is 5.26 Å². The zero-order chi connectivity index (χ0) is 18.5. The fraction of sp³-hybridized carbons (Fsp3) is 0.0526. The summed E-state index contributed by atoms with van der Waals surface area (Å²) >= 11 is 0. The Labute approximate surface area is 148 Å². The molecular formula is C19H13FN4O2. The first-order valence-corrected chi connectivity index (χ1v) is 7.68. The van der Waals surface area contributed by atoms with Gasteiger partial charge in [0.2, 0.25) is 5.91 Å². The molecule has 1 N–H and O–H groups in total. The second-order valence-corrected chi connectivity index (χ2v) is 5.45. The maximum absolute atomic E-state index is 13.0. The Balaban J connectivity index is 1.76. The summed E-state index contributed by atoms with van der Waals surface area (Å²) in [5, 5.41) is 11.6. The van der Waals surface area contributed by atoms with Gasteiger partial charge in [-0.3, -0.25) is 14.2 Å². The highest BCUT2D eigenvalue weighted by atomic mass is 19.1. The fourth-order valence-electron chi connectivity index (χ4n) is 2.36. The number of halogens is 1. The molecule has 7 heteroatoms. The number of amides is 1. The van der Waals surface area contributed by atoms with Crippen molar-refractivity contribution in [3.63, 3.8) is 0 Å². The van der Waals surface area contributed by atoms with Gasteiger partial charge in [0.05, 0.1) is 23.3 Å². The van der Waals surface area contributed by atoms with Gasteiger partial charge in [0.15, 0.2) is 0 Å². The molecule has 0 saturated carbocycles. The number of carbonyl (C=O) groups excluding carboxylic acids is 1. The van der Waals surface area contributed by atoms with Gasteiger partial charge in [-0.15, -0.1) is 0 Å². The van der Waals surface area contributed by atoms with Crippen LogP contribution >= 0.6 is 0 Å². The minimum Gasteiger partial charge on any atom is -0.323 e. The van der Waals surface area contributed by atoms with Gasteiger partial charge in [0.25, 0.3) is 5.56 Å². The van der Waals surface area contributed by atoms with E-state index in [1.807, 2.05) is 6.07 Å². The van der Waals surface area contributed by atoms with Crippen LogP contribution < -0.4 is 10.9 Å². The Morgan fingerprint density at radius 2 is 1.92 bits per heavy atom. The van der Waals surface area contributed by atoms with Crippen molar-refractivity contribution in [3.8, 4) is 17.3 Å². The third-order valence-electron chi connectivity index (χ3n) is 3.66. The van der Waals surface area contributed by atoms with E-state index in [2.05, 4.69) is 10.3 Å². The second kappa shape index (κ2) is 7.40. The molecule has 0 unspecified atom stereocenters. The van der Waals surface area contributed by atoms with Crippen molar-refractivity contribution >= 4 is 11.6 Å². The Morgan fingerprint density at radius 1 is 1.19 bits per heavy atom. The molecular weight excluding hydrogens is 335 g/mol. The van der Waals surface area contributed by atoms with Crippen LogP contribution in [0.4, 0.5) is 10.1 Å². The minimum atomic E-state index is -0.453. The van der Waals surface area contributed by atoms with Gasteiger partial charge < -0.3 is 5.32 Å². The molecule has 0 saturated heterocycles. The number of nitrogens with zero attached hydrogens (tertiary/aromatic N) is 3. The van der Waals surface area contributed by atoms with Gasteiger partial charge in [0.1, 0.15) is 18.4 Å². The molecule has 1 aromatic heterocycles. The molecule has 3 aromatic rings.